The Morgan fingerprint density at radius 2 is 1.83 bits per heavy atom. The maximum Gasteiger partial charge on any atom is 0.410 e. The van der Waals surface area contributed by atoms with E-state index in [9.17, 15) is 4.79 Å². The molecule has 5 heteroatoms. The molecule has 5 nitrogen and oxygen atoms in total. The van der Waals surface area contributed by atoms with Gasteiger partial charge in [-0.2, -0.15) is 0 Å². The first kappa shape index (κ1) is 17.2. The van der Waals surface area contributed by atoms with E-state index in [1.54, 1.807) is 11.9 Å². The number of nitrogens with zero attached hydrogens (tertiary/aromatic N) is 2. The third-order valence-electron chi connectivity index (χ3n) is 2.57. The number of ether oxygens (including phenoxy) is 1. The SMILES string of the molecule is CCN(CCN)CCCN(C)C(=O)OC(C)(C)C. The molecule has 0 aromatic carbocycles. The van der Waals surface area contributed by atoms with Crippen LogP contribution in [0, 0.1) is 0 Å². The predicted molar refractivity (Wildman–Crippen MR) is 74.6 cm³/mol. The molecular weight excluding hydrogens is 230 g/mol. The first-order chi connectivity index (χ1) is 8.30. The summed E-state index contributed by atoms with van der Waals surface area (Å²) in [5.74, 6) is 0. The second kappa shape index (κ2) is 8.32. The highest BCUT2D eigenvalue weighted by Crippen LogP contribution is 2.09. The van der Waals surface area contributed by atoms with Gasteiger partial charge in [-0.05, 0) is 40.3 Å². The lowest BCUT2D eigenvalue weighted by Crippen LogP contribution is -2.36. The van der Waals surface area contributed by atoms with Crippen LogP contribution < -0.4 is 5.73 Å². The maximum absolute atomic E-state index is 11.7. The second-order valence-corrected chi connectivity index (χ2v) is 5.48. The number of hydrogen-bond acceptors (Lipinski definition) is 4. The topological polar surface area (TPSA) is 58.8 Å². The van der Waals surface area contributed by atoms with Gasteiger partial charge in [-0.25, -0.2) is 4.79 Å². The standard InChI is InChI=1S/C13H29N3O2/c1-6-16(11-8-14)10-7-9-15(5)12(17)18-13(2,3)4/h6-11,14H2,1-5H3. The predicted octanol–water partition coefficient (Wildman–Crippen LogP) is 1.52. The number of amides is 1. The number of carbonyl (C=O) groups is 1. The summed E-state index contributed by atoms with van der Waals surface area (Å²) in [6.45, 7) is 12.0. The average Bonchev–Trinajstić information content (AvgIpc) is 2.25. The number of likely N-dealkylation sites (N-methyl/N-ethyl adjacent to an activating group) is 1. The zero-order valence-electron chi connectivity index (χ0n) is 12.5. The average molecular weight is 259 g/mol. The van der Waals surface area contributed by atoms with Gasteiger partial charge in [0.2, 0.25) is 0 Å². The molecule has 0 aromatic heterocycles. The van der Waals surface area contributed by atoms with Crippen molar-refractivity contribution in [3.8, 4) is 0 Å². The molecule has 108 valence electrons. The molecule has 0 fully saturated rings. The normalized spacial score (nSPS) is 11.7. The van der Waals surface area contributed by atoms with Crippen LogP contribution in [0.3, 0.4) is 0 Å². The fourth-order valence-corrected chi connectivity index (χ4v) is 1.57. The molecule has 0 unspecified atom stereocenters. The van der Waals surface area contributed by atoms with E-state index in [0.717, 1.165) is 26.1 Å². The number of hydrogen-bond donors (Lipinski definition) is 1. The van der Waals surface area contributed by atoms with Crippen LogP contribution in [0.5, 0.6) is 0 Å². The van der Waals surface area contributed by atoms with Crippen LogP contribution in [-0.4, -0.2) is 61.3 Å². The fraction of sp³-hybridized carbons (Fsp3) is 0.923. The van der Waals surface area contributed by atoms with E-state index in [4.69, 9.17) is 10.5 Å². The Morgan fingerprint density at radius 1 is 1.22 bits per heavy atom. The zero-order chi connectivity index (χ0) is 14.2. The van der Waals surface area contributed by atoms with Crippen LogP contribution in [-0.2, 0) is 4.74 Å². The van der Waals surface area contributed by atoms with Gasteiger partial charge in [0.25, 0.3) is 0 Å². The summed E-state index contributed by atoms with van der Waals surface area (Å²) in [7, 11) is 1.77. The quantitative estimate of drug-likeness (QED) is 0.753. The minimum absolute atomic E-state index is 0.260. The first-order valence-corrected chi connectivity index (χ1v) is 6.66. The van der Waals surface area contributed by atoms with Crippen molar-refractivity contribution in [2.24, 2.45) is 5.73 Å². The molecule has 0 saturated heterocycles. The van der Waals surface area contributed by atoms with Gasteiger partial charge in [0.15, 0.2) is 0 Å². The molecule has 18 heavy (non-hydrogen) atoms. The van der Waals surface area contributed by atoms with E-state index in [0.29, 0.717) is 13.1 Å². The molecule has 0 heterocycles. The Kier molecular flexibility index (Phi) is 7.95. The molecule has 0 bridgehead atoms. The van der Waals surface area contributed by atoms with Crippen molar-refractivity contribution < 1.29 is 9.53 Å². The maximum atomic E-state index is 11.7. The number of carbonyl (C=O) groups excluding carboxylic acids is 1. The highest BCUT2D eigenvalue weighted by Gasteiger charge is 2.19. The van der Waals surface area contributed by atoms with E-state index in [1.807, 2.05) is 20.8 Å². The summed E-state index contributed by atoms with van der Waals surface area (Å²) in [6, 6.07) is 0. The van der Waals surface area contributed by atoms with Crippen LogP contribution in [0.2, 0.25) is 0 Å². The molecule has 0 aliphatic heterocycles. The van der Waals surface area contributed by atoms with Crippen LogP contribution in [0.25, 0.3) is 0 Å². The molecule has 0 saturated carbocycles. The molecule has 0 rings (SSSR count). The highest BCUT2D eigenvalue weighted by molar-refractivity contribution is 5.67. The lowest BCUT2D eigenvalue weighted by Gasteiger charge is -2.25. The summed E-state index contributed by atoms with van der Waals surface area (Å²) >= 11 is 0. The van der Waals surface area contributed by atoms with E-state index in [2.05, 4.69) is 11.8 Å². The van der Waals surface area contributed by atoms with Gasteiger partial charge < -0.3 is 20.3 Å². The lowest BCUT2D eigenvalue weighted by molar-refractivity contribution is 0.0293. The molecule has 0 spiro atoms. The monoisotopic (exact) mass is 259 g/mol. The van der Waals surface area contributed by atoms with Crippen molar-refractivity contribution in [1.29, 1.82) is 0 Å². The van der Waals surface area contributed by atoms with Crippen molar-refractivity contribution in [1.82, 2.24) is 9.80 Å². The molecule has 2 N–H and O–H groups in total. The van der Waals surface area contributed by atoms with Crippen molar-refractivity contribution in [2.75, 3.05) is 39.8 Å². The van der Waals surface area contributed by atoms with E-state index < -0.39 is 5.60 Å². The molecule has 0 aliphatic carbocycles. The molecule has 0 radical (unpaired) electrons. The van der Waals surface area contributed by atoms with E-state index in [-0.39, 0.29) is 6.09 Å². The van der Waals surface area contributed by atoms with E-state index >= 15 is 0 Å². The number of nitrogens with two attached hydrogens (primary N) is 1. The van der Waals surface area contributed by atoms with Crippen molar-refractivity contribution in [3.05, 3.63) is 0 Å². The summed E-state index contributed by atoms with van der Waals surface area (Å²) < 4.78 is 5.28. The third-order valence-corrected chi connectivity index (χ3v) is 2.57. The number of rotatable bonds is 7. The smallest absolute Gasteiger partial charge is 0.410 e. The molecule has 0 aromatic rings. The van der Waals surface area contributed by atoms with Gasteiger partial charge >= 0.3 is 6.09 Å². The summed E-state index contributed by atoms with van der Waals surface area (Å²) in [6.07, 6.45) is 0.674. The Bertz CT molecular complexity index is 239. The Morgan fingerprint density at radius 3 is 2.28 bits per heavy atom. The summed E-state index contributed by atoms with van der Waals surface area (Å²) in [5.41, 5.74) is 5.10. The van der Waals surface area contributed by atoms with Crippen LogP contribution in [0.4, 0.5) is 4.79 Å². The molecule has 0 aliphatic rings. The van der Waals surface area contributed by atoms with Crippen molar-refractivity contribution in [3.63, 3.8) is 0 Å². The largest absolute Gasteiger partial charge is 0.444 e. The Hall–Kier alpha value is -0.810. The van der Waals surface area contributed by atoms with Gasteiger partial charge in [-0.15, -0.1) is 0 Å². The van der Waals surface area contributed by atoms with Crippen LogP contribution in [0.15, 0.2) is 0 Å². The van der Waals surface area contributed by atoms with Crippen LogP contribution >= 0.6 is 0 Å². The second-order valence-electron chi connectivity index (χ2n) is 5.48. The van der Waals surface area contributed by atoms with Gasteiger partial charge in [0.05, 0.1) is 0 Å². The van der Waals surface area contributed by atoms with Gasteiger partial charge in [0.1, 0.15) is 5.60 Å². The minimum Gasteiger partial charge on any atom is -0.444 e. The van der Waals surface area contributed by atoms with Gasteiger partial charge in [-0.3, -0.25) is 0 Å². The lowest BCUT2D eigenvalue weighted by atomic mass is 10.2. The van der Waals surface area contributed by atoms with Gasteiger partial charge in [-0.1, -0.05) is 6.92 Å². The van der Waals surface area contributed by atoms with Gasteiger partial charge in [0, 0.05) is 26.7 Å². The van der Waals surface area contributed by atoms with Crippen LogP contribution in [0.1, 0.15) is 34.1 Å². The Labute approximate surface area is 111 Å². The van der Waals surface area contributed by atoms with E-state index in [1.165, 1.54) is 0 Å². The molecule has 1 amide bonds. The summed E-state index contributed by atoms with van der Waals surface area (Å²) in [5, 5.41) is 0. The van der Waals surface area contributed by atoms with Crippen molar-refractivity contribution in [2.45, 2.75) is 39.7 Å². The first-order valence-electron chi connectivity index (χ1n) is 6.66. The molecular formula is C13H29N3O2. The summed E-state index contributed by atoms with van der Waals surface area (Å²) in [4.78, 5) is 15.6. The molecule has 0 atom stereocenters. The van der Waals surface area contributed by atoms with Crippen molar-refractivity contribution >= 4 is 6.09 Å². The minimum atomic E-state index is -0.430. The Balaban J connectivity index is 3.88. The highest BCUT2D eigenvalue weighted by atomic mass is 16.6. The zero-order valence-corrected chi connectivity index (χ0v) is 12.5. The fourth-order valence-electron chi connectivity index (χ4n) is 1.57. The third kappa shape index (κ3) is 8.31.